The van der Waals surface area contributed by atoms with Gasteiger partial charge in [-0.1, -0.05) is 30.3 Å². The fourth-order valence-electron chi connectivity index (χ4n) is 4.28. The summed E-state index contributed by atoms with van der Waals surface area (Å²) >= 11 is 0. The van der Waals surface area contributed by atoms with Crippen molar-refractivity contribution in [2.45, 2.75) is 30.9 Å². The maximum absolute atomic E-state index is 12.8. The van der Waals surface area contributed by atoms with Crippen molar-refractivity contribution < 1.29 is 9.90 Å². The molecule has 0 bridgehead atoms. The number of amides is 1. The fourth-order valence-corrected chi connectivity index (χ4v) is 4.28. The van der Waals surface area contributed by atoms with Crippen LogP contribution in [-0.4, -0.2) is 58.0 Å². The molecule has 2 fully saturated rings. The van der Waals surface area contributed by atoms with Gasteiger partial charge in [0.2, 0.25) is 0 Å². The molecule has 0 aliphatic carbocycles. The minimum Gasteiger partial charge on any atom is -0.383 e. The molecule has 0 unspecified atom stereocenters. The third-order valence-corrected chi connectivity index (χ3v) is 5.68. The Labute approximate surface area is 148 Å². The fraction of sp³-hybridized carbons (Fsp3) is 0.450. The van der Waals surface area contributed by atoms with Gasteiger partial charge in [0.25, 0.3) is 5.91 Å². The highest BCUT2D eigenvalue weighted by Crippen LogP contribution is 2.37. The average molecular weight is 339 g/mol. The molecule has 2 aliphatic heterocycles. The Kier molecular flexibility index (Phi) is 4.36. The molecule has 2 atom stereocenters. The number of likely N-dealkylation sites (tertiary alicyclic amines) is 2. The van der Waals surface area contributed by atoms with Crippen LogP contribution in [0.15, 0.2) is 48.7 Å². The summed E-state index contributed by atoms with van der Waals surface area (Å²) in [5.41, 5.74) is 0.669. The van der Waals surface area contributed by atoms with E-state index in [4.69, 9.17) is 0 Å². The molecule has 0 saturated carbocycles. The van der Waals surface area contributed by atoms with E-state index in [0.29, 0.717) is 25.2 Å². The maximum atomic E-state index is 12.8. The largest absolute Gasteiger partial charge is 0.383 e. The number of H-pyrrole nitrogens is 1. The number of rotatable bonds is 3. The van der Waals surface area contributed by atoms with Crippen LogP contribution in [0.5, 0.6) is 0 Å². The van der Waals surface area contributed by atoms with Crippen molar-refractivity contribution in [2.24, 2.45) is 0 Å². The molecule has 2 aromatic rings. The summed E-state index contributed by atoms with van der Waals surface area (Å²) in [6.07, 6.45) is 4.65. The van der Waals surface area contributed by atoms with E-state index in [1.165, 1.54) is 0 Å². The second-order valence-electron chi connectivity index (χ2n) is 7.13. The molecule has 5 heteroatoms. The van der Waals surface area contributed by atoms with E-state index in [1.807, 2.05) is 47.4 Å². The molecule has 5 nitrogen and oxygen atoms in total. The van der Waals surface area contributed by atoms with E-state index in [2.05, 4.69) is 9.88 Å². The van der Waals surface area contributed by atoms with Gasteiger partial charge in [-0.05, 0) is 50.0 Å². The van der Waals surface area contributed by atoms with Crippen LogP contribution >= 0.6 is 0 Å². The van der Waals surface area contributed by atoms with Gasteiger partial charge in [-0.2, -0.15) is 0 Å². The number of aliphatic hydroxyl groups is 1. The van der Waals surface area contributed by atoms with Gasteiger partial charge >= 0.3 is 0 Å². The first-order chi connectivity index (χ1) is 12.2. The molecule has 1 aromatic carbocycles. The second-order valence-corrected chi connectivity index (χ2v) is 7.13. The number of carbonyl (C=O) groups excluding carboxylic acids is 1. The molecule has 1 amide bonds. The second kappa shape index (κ2) is 6.65. The number of hydrogen-bond donors (Lipinski definition) is 2. The zero-order chi connectivity index (χ0) is 17.3. The normalized spacial score (nSPS) is 27.6. The Hall–Kier alpha value is -2.11. The third kappa shape index (κ3) is 2.98. The van der Waals surface area contributed by atoms with Crippen LogP contribution < -0.4 is 0 Å². The van der Waals surface area contributed by atoms with Crippen molar-refractivity contribution >= 4 is 5.91 Å². The van der Waals surface area contributed by atoms with Gasteiger partial charge in [0.1, 0.15) is 11.3 Å². The van der Waals surface area contributed by atoms with Crippen molar-refractivity contribution in [1.29, 1.82) is 0 Å². The summed E-state index contributed by atoms with van der Waals surface area (Å²) in [7, 11) is 0. The van der Waals surface area contributed by atoms with Gasteiger partial charge in [0.15, 0.2) is 0 Å². The Morgan fingerprint density at radius 2 is 1.84 bits per heavy atom. The molecule has 132 valence electrons. The van der Waals surface area contributed by atoms with E-state index in [9.17, 15) is 9.90 Å². The molecule has 2 saturated heterocycles. The van der Waals surface area contributed by atoms with Crippen LogP contribution in [0.1, 0.15) is 35.3 Å². The predicted molar refractivity (Wildman–Crippen MR) is 96.2 cm³/mol. The Morgan fingerprint density at radius 3 is 2.52 bits per heavy atom. The highest BCUT2D eigenvalue weighted by molar-refractivity contribution is 5.92. The number of nitrogens with zero attached hydrogens (tertiary/aromatic N) is 2. The van der Waals surface area contributed by atoms with Crippen molar-refractivity contribution in [3.63, 3.8) is 0 Å². The lowest BCUT2D eigenvalue weighted by atomic mass is 9.79. The highest BCUT2D eigenvalue weighted by atomic mass is 16.3. The first-order valence-electron chi connectivity index (χ1n) is 9.13. The van der Waals surface area contributed by atoms with Crippen molar-refractivity contribution in [3.05, 3.63) is 59.9 Å². The SMILES string of the molecule is O=C(c1ccc[nH]1)N1CC[C@](O)(c2ccccc2)[C@H](N2CCCC2)C1. The van der Waals surface area contributed by atoms with Gasteiger partial charge in [0, 0.05) is 19.3 Å². The zero-order valence-corrected chi connectivity index (χ0v) is 14.4. The van der Waals surface area contributed by atoms with Gasteiger partial charge in [0.05, 0.1) is 6.04 Å². The quantitative estimate of drug-likeness (QED) is 0.901. The lowest BCUT2D eigenvalue weighted by Gasteiger charge is -2.48. The Morgan fingerprint density at radius 1 is 1.08 bits per heavy atom. The Bertz CT molecular complexity index is 710. The summed E-state index contributed by atoms with van der Waals surface area (Å²) in [6.45, 7) is 3.10. The molecular weight excluding hydrogens is 314 g/mol. The summed E-state index contributed by atoms with van der Waals surface area (Å²) in [5, 5.41) is 11.6. The number of benzene rings is 1. The number of nitrogens with one attached hydrogen (secondary N) is 1. The lowest BCUT2D eigenvalue weighted by Crippen LogP contribution is -2.61. The lowest BCUT2D eigenvalue weighted by molar-refractivity contribution is -0.0878. The molecule has 25 heavy (non-hydrogen) atoms. The number of carbonyl (C=O) groups is 1. The molecular formula is C20H25N3O2. The summed E-state index contributed by atoms with van der Waals surface area (Å²) in [5.74, 6) is 0.0179. The van der Waals surface area contributed by atoms with Crippen molar-refractivity contribution in [3.8, 4) is 0 Å². The van der Waals surface area contributed by atoms with E-state index in [-0.39, 0.29) is 11.9 Å². The van der Waals surface area contributed by atoms with Gasteiger partial charge in [-0.25, -0.2) is 0 Å². The van der Waals surface area contributed by atoms with Gasteiger partial charge in [-0.3, -0.25) is 9.69 Å². The molecule has 2 aliphatic rings. The van der Waals surface area contributed by atoms with E-state index in [0.717, 1.165) is 31.5 Å². The molecule has 3 heterocycles. The monoisotopic (exact) mass is 339 g/mol. The van der Waals surface area contributed by atoms with Crippen molar-refractivity contribution in [2.75, 3.05) is 26.2 Å². The number of hydrogen-bond acceptors (Lipinski definition) is 3. The van der Waals surface area contributed by atoms with E-state index < -0.39 is 5.60 Å². The van der Waals surface area contributed by atoms with Crippen LogP contribution in [0, 0.1) is 0 Å². The highest BCUT2D eigenvalue weighted by Gasteiger charge is 2.47. The summed E-state index contributed by atoms with van der Waals surface area (Å²) < 4.78 is 0. The summed E-state index contributed by atoms with van der Waals surface area (Å²) in [4.78, 5) is 20.0. The number of aromatic amines is 1. The smallest absolute Gasteiger partial charge is 0.270 e. The Balaban J connectivity index is 1.62. The van der Waals surface area contributed by atoms with Crippen molar-refractivity contribution in [1.82, 2.24) is 14.8 Å². The predicted octanol–water partition coefficient (Wildman–Crippen LogP) is 2.21. The van der Waals surface area contributed by atoms with Gasteiger partial charge < -0.3 is 15.0 Å². The minimum absolute atomic E-state index is 0.0179. The standard InChI is InChI=1S/C20H25N3O2/c24-19(17-9-6-11-21-17)23-14-10-20(25,16-7-2-1-3-8-16)18(15-23)22-12-4-5-13-22/h1-3,6-9,11,18,21,25H,4-5,10,12-15H2/t18-,20+/m1/s1. The minimum atomic E-state index is -0.905. The van der Waals surface area contributed by atoms with Crippen LogP contribution in [0.2, 0.25) is 0 Å². The van der Waals surface area contributed by atoms with Crippen LogP contribution in [0.3, 0.4) is 0 Å². The third-order valence-electron chi connectivity index (χ3n) is 5.68. The number of piperidine rings is 1. The number of aromatic nitrogens is 1. The molecule has 4 rings (SSSR count). The first-order valence-corrected chi connectivity index (χ1v) is 9.13. The zero-order valence-electron chi connectivity index (χ0n) is 14.4. The molecule has 0 radical (unpaired) electrons. The first kappa shape index (κ1) is 16.4. The van der Waals surface area contributed by atoms with E-state index in [1.54, 1.807) is 6.20 Å². The molecule has 0 spiro atoms. The molecule has 2 N–H and O–H groups in total. The van der Waals surface area contributed by atoms with Crippen LogP contribution in [0.4, 0.5) is 0 Å². The topological polar surface area (TPSA) is 59.6 Å². The summed E-state index contributed by atoms with van der Waals surface area (Å²) in [6, 6.07) is 13.5. The van der Waals surface area contributed by atoms with Crippen LogP contribution in [0.25, 0.3) is 0 Å². The van der Waals surface area contributed by atoms with Crippen LogP contribution in [-0.2, 0) is 5.60 Å². The maximum Gasteiger partial charge on any atom is 0.270 e. The molecule has 1 aromatic heterocycles. The van der Waals surface area contributed by atoms with Gasteiger partial charge in [-0.15, -0.1) is 0 Å². The average Bonchev–Trinajstić information content (AvgIpc) is 3.36. The van der Waals surface area contributed by atoms with E-state index >= 15 is 0 Å².